The number of rotatable bonds is 2. The lowest BCUT2D eigenvalue weighted by molar-refractivity contribution is 0.361. The van der Waals surface area contributed by atoms with Crippen LogP contribution in [0.4, 0.5) is 17.5 Å². The van der Waals surface area contributed by atoms with E-state index in [4.69, 9.17) is 26.3 Å². The van der Waals surface area contributed by atoms with Crippen LogP contribution in [0.15, 0.2) is 73.3 Å². The molecule has 1 unspecified atom stereocenters. The van der Waals surface area contributed by atoms with E-state index in [2.05, 4.69) is 45.5 Å². The molecule has 3 heterocycles. The van der Waals surface area contributed by atoms with Crippen molar-refractivity contribution >= 4 is 29.1 Å². The fraction of sp³-hybridized carbons (Fsp3) is 0.192. The molecule has 1 atom stereocenters. The van der Waals surface area contributed by atoms with Crippen molar-refractivity contribution in [2.75, 3.05) is 23.9 Å². The van der Waals surface area contributed by atoms with Gasteiger partial charge in [0.1, 0.15) is 29.7 Å². The highest BCUT2D eigenvalue weighted by molar-refractivity contribution is 6.29. The Morgan fingerprint density at radius 2 is 2.00 bits per heavy atom. The van der Waals surface area contributed by atoms with Gasteiger partial charge in [-0.1, -0.05) is 41.9 Å². The number of aromatic nitrogens is 4. The Kier molecular flexibility index (Phi) is 5.19. The summed E-state index contributed by atoms with van der Waals surface area (Å²) < 4.78 is 7.95. The zero-order valence-corrected chi connectivity index (χ0v) is 19.4. The maximum atomic E-state index is 6.11. The Hall–Kier alpha value is -3.84. The summed E-state index contributed by atoms with van der Waals surface area (Å²) in [5.74, 6) is 2.46. The second-order valence-electron chi connectivity index (χ2n) is 8.45. The van der Waals surface area contributed by atoms with E-state index >= 15 is 0 Å². The lowest BCUT2D eigenvalue weighted by Crippen LogP contribution is -2.16. The molecule has 4 bridgehead atoms. The van der Waals surface area contributed by atoms with Crippen LogP contribution in [0.2, 0.25) is 5.15 Å². The molecule has 170 valence electrons. The normalized spacial score (nSPS) is 17.7. The third-order valence-electron chi connectivity index (χ3n) is 6.28. The lowest BCUT2D eigenvalue weighted by Gasteiger charge is -2.21. The summed E-state index contributed by atoms with van der Waals surface area (Å²) in [7, 11) is 2.02. The highest BCUT2D eigenvalue weighted by Crippen LogP contribution is 2.41. The summed E-state index contributed by atoms with van der Waals surface area (Å²) in [6.07, 6.45) is 9.39. The molecule has 7 nitrogen and oxygen atoms in total. The molecule has 34 heavy (non-hydrogen) atoms. The summed E-state index contributed by atoms with van der Waals surface area (Å²) in [6, 6.07) is 16.5. The first-order valence-electron chi connectivity index (χ1n) is 11.2. The van der Waals surface area contributed by atoms with E-state index in [9.17, 15) is 0 Å². The van der Waals surface area contributed by atoms with Crippen molar-refractivity contribution in [2.45, 2.75) is 18.8 Å². The quantitative estimate of drug-likeness (QED) is 0.418. The molecule has 2 aromatic heterocycles. The first-order valence-corrected chi connectivity index (χ1v) is 11.6. The predicted molar refractivity (Wildman–Crippen MR) is 134 cm³/mol. The largest absolute Gasteiger partial charge is 0.487 e. The van der Waals surface area contributed by atoms with Crippen LogP contribution in [0.3, 0.4) is 0 Å². The summed E-state index contributed by atoms with van der Waals surface area (Å²) in [4.78, 5) is 16.1. The first-order chi connectivity index (χ1) is 16.7. The molecule has 1 aliphatic heterocycles. The summed E-state index contributed by atoms with van der Waals surface area (Å²) >= 11 is 6.03. The number of fused-ring (bicyclic) bond motifs is 6. The molecule has 1 N–H and O–H groups in total. The molecular weight excluding hydrogens is 448 g/mol. The average Bonchev–Trinajstić information content (AvgIpc) is 3.47. The molecule has 2 aliphatic rings. The molecule has 0 radical (unpaired) electrons. The van der Waals surface area contributed by atoms with E-state index in [1.54, 1.807) is 12.5 Å². The Morgan fingerprint density at radius 1 is 1.12 bits per heavy atom. The van der Waals surface area contributed by atoms with Gasteiger partial charge in [-0.2, -0.15) is 4.98 Å². The van der Waals surface area contributed by atoms with Gasteiger partial charge in [-0.25, -0.2) is 9.97 Å². The molecule has 0 fully saturated rings. The van der Waals surface area contributed by atoms with Crippen molar-refractivity contribution in [1.29, 1.82) is 0 Å². The van der Waals surface area contributed by atoms with Crippen molar-refractivity contribution in [3.05, 3.63) is 95.3 Å². The minimum absolute atomic E-state index is 0.260. The topological polar surface area (TPSA) is 68.1 Å². The molecule has 1 aliphatic carbocycles. The van der Waals surface area contributed by atoms with Crippen molar-refractivity contribution < 1.29 is 4.74 Å². The highest BCUT2D eigenvalue weighted by Gasteiger charge is 2.30. The molecule has 0 spiro atoms. The molecule has 6 rings (SSSR count). The van der Waals surface area contributed by atoms with Crippen molar-refractivity contribution in [1.82, 2.24) is 19.5 Å². The van der Waals surface area contributed by atoms with E-state index in [1.165, 1.54) is 11.1 Å². The number of hydrogen-bond acceptors (Lipinski definition) is 6. The SMILES string of the molecule is CN1/C=C/COc2cc(ccc2-n2cnc(Cl)c2)Nc2nc3c(c1n2)CCC3c1ccccc1. The molecule has 0 amide bonds. The standard InChI is InChI=1S/C26H23ClN6O/c1-32-12-5-13-34-22-14-18(8-11-21(22)33-15-23(27)28-16-33)29-26-30-24-19(17-6-3-2-4-7-17)9-10-20(24)25(32)31-26/h2-8,11-12,14-16,19H,9-10,13H2,1H3,(H,29,30,31)/b12-5+. The Balaban J connectivity index is 1.44. The van der Waals surface area contributed by atoms with Crippen molar-refractivity contribution in [3.63, 3.8) is 0 Å². The van der Waals surface area contributed by atoms with Crippen LogP contribution in [0, 0.1) is 0 Å². The lowest BCUT2D eigenvalue weighted by atomic mass is 9.97. The maximum absolute atomic E-state index is 6.11. The van der Waals surface area contributed by atoms with Gasteiger partial charge in [-0.3, -0.25) is 0 Å². The number of nitrogens with zero attached hydrogens (tertiary/aromatic N) is 5. The van der Waals surface area contributed by atoms with Gasteiger partial charge < -0.3 is 19.5 Å². The molecule has 4 aromatic rings. The highest BCUT2D eigenvalue weighted by atomic mass is 35.5. The van der Waals surface area contributed by atoms with Gasteiger partial charge in [0, 0.05) is 42.7 Å². The maximum Gasteiger partial charge on any atom is 0.229 e. The van der Waals surface area contributed by atoms with Crippen LogP contribution in [-0.4, -0.2) is 33.2 Å². The summed E-state index contributed by atoms with van der Waals surface area (Å²) in [6.45, 7) is 0.413. The van der Waals surface area contributed by atoms with Gasteiger partial charge in [-0.15, -0.1) is 0 Å². The van der Waals surface area contributed by atoms with Gasteiger partial charge in [0.25, 0.3) is 0 Å². The van der Waals surface area contributed by atoms with Gasteiger partial charge >= 0.3 is 0 Å². The van der Waals surface area contributed by atoms with Crippen LogP contribution in [0.1, 0.15) is 29.2 Å². The van der Waals surface area contributed by atoms with Gasteiger partial charge in [0.05, 0.1) is 11.4 Å². The molecule has 8 heteroatoms. The minimum atomic E-state index is 0.260. The number of imidazole rings is 1. The van der Waals surface area contributed by atoms with E-state index in [0.29, 0.717) is 23.5 Å². The van der Waals surface area contributed by atoms with Gasteiger partial charge in [-0.05, 0) is 36.6 Å². The predicted octanol–water partition coefficient (Wildman–Crippen LogP) is 5.48. The van der Waals surface area contributed by atoms with Crippen LogP contribution in [0.25, 0.3) is 5.69 Å². The van der Waals surface area contributed by atoms with Crippen LogP contribution >= 0.6 is 11.6 Å². The van der Waals surface area contributed by atoms with Crippen LogP contribution in [-0.2, 0) is 6.42 Å². The van der Waals surface area contributed by atoms with Crippen LogP contribution < -0.4 is 15.0 Å². The molecular formula is C26H23ClN6O. The van der Waals surface area contributed by atoms with E-state index in [1.807, 2.05) is 42.1 Å². The Bertz CT molecular complexity index is 1380. The number of halogens is 1. The van der Waals surface area contributed by atoms with Crippen molar-refractivity contribution in [2.24, 2.45) is 0 Å². The minimum Gasteiger partial charge on any atom is -0.487 e. The van der Waals surface area contributed by atoms with E-state index in [-0.39, 0.29) is 5.92 Å². The average molecular weight is 471 g/mol. The van der Waals surface area contributed by atoms with Crippen molar-refractivity contribution in [3.8, 4) is 11.4 Å². The number of anilines is 3. The second-order valence-corrected chi connectivity index (χ2v) is 8.84. The fourth-order valence-corrected chi connectivity index (χ4v) is 4.84. The molecule has 0 saturated heterocycles. The summed E-state index contributed by atoms with van der Waals surface area (Å²) in [5, 5.41) is 3.83. The monoisotopic (exact) mass is 470 g/mol. The zero-order valence-electron chi connectivity index (χ0n) is 18.6. The zero-order chi connectivity index (χ0) is 23.1. The Labute approximate surface area is 202 Å². The van der Waals surface area contributed by atoms with Gasteiger partial charge in [0.15, 0.2) is 0 Å². The van der Waals surface area contributed by atoms with E-state index in [0.717, 1.165) is 35.7 Å². The molecule has 2 aromatic carbocycles. The molecule has 0 saturated carbocycles. The van der Waals surface area contributed by atoms with Crippen LogP contribution in [0.5, 0.6) is 5.75 Å². The third kappa shape index (κ3) is 3.78. The number of benzene rings is 2. The smallest absolute Gasteiger partial charge is 0.229 e. The number of ether oxygens (including phenoxy) is 1. The second kappa shape index (κ2) is 8.50. The Morgan fingerprint density at radius 3 is 2.82 bits per heavy atom. The third-order valence-corrected chi connectivity index (χ3v) is 6.47. The number of hydrogen-bond donors (Lipinski definition) is 1. The first kappa shape index (κ1) is 20.7. The summed E-state index contributed by atoms with van der Waals surface area (Å²) in [5.41, 5.74) is 5.28. The number of nitrogens with one attached hydrogen (secondary N) is 1. The van der Waals surface area contributed by atoms with E-state index < -0.39 is 0 Å². The fourth-order valence-electron chi connectivity index (χ4n) is 4.69. The van der Waals surface area contributed by atoms with Gasteiger partial charge in [0.2, 0.25) is 5.95 Å².